The van der Waals surface area contributed by atoms with Gasteiger partial charge in [0, 0.05) is 20.8 Å². The Bertz CT molecular complexity index is 1780. The molecule has 42 heavy (non-hydrogen) atoms. The number of nitrogens with zero attached hydrogens (tertiary/aromatic N) is 2. The Morgan fingerprint density at radius 2 is 1.19 bits per heavy atom. The van der Waals surface area contributed by atoms with E-state index >= 15 is 0 Å². The van der Waals surface area contributed by atoms with Crippen LogP contribution in [0.25, 0.3) is 5.57 Å². The molecule has 4 amide bonds. The summed E-state index contributed by atoms with van der Waals surface area (Å²) in [5.41, 5.74) is 4.15. The second-order valence-corrected chi connectivity index (χ2v) is 13.5. The summed E-state index contributed by atoms with van der Waals surface area (Å²) in [5, 5.41) is 0. The van der Waals surface area contributed by atoms with Crippen LogP contribution >= 0.6 is 31.9 Å². The van der Waals surface area contributed by atoms with E-state index in [1.165, 1.54) is 9.80 Å². The summed E-state index contributed by atoms with van der Waals surface area (Å²) in [4.78, 5) is 59.2. The second-order valence-electron chi connectivity index (χ2n) is 11.7. The smallest absolute Gasteiger partial charge is 0.238 e. The Morgan fingerprint density at radius 3 is 1.83 bits per heavy atom. The number of rotatable bonds is 3. The molecule has 7 atom stereocenters. The number of carbonyl (C=O) groups excluding carboxylic acids is 4. The van der Waals surface area contributed by atoms with E-state index in [1.54, 1.807) is 24.3 Å². The fraction of sp³-hybridized carbons (Fsp3) is 0.235. The highest BCUT2D eigenvalue weighted by atomic mass is 79.9. The van der Waals surface area contributed by atoms with Crippen molar-refractivity contribution in [3.05, 3.63) is 111 Å². The molecular weight excluding hydrogens is 660 g/mol. The first-order valence-electron chi connectivity index (χ1n) is 14.1. The first-order chi connectivity index (χ1) is 20.3. The summed E-state index contributed by atoms with van der Waals surface area (Å²) in [5.74, 6) is -4.16. The maximum Gasteiger partial charge on any atom is 0.238 e. The maximum atomic E-state index is 14.3. The van der Waals surface area contributed by atoms with E-state index in [4.69, 9.17) is 0 Å². The third-order valence-corrected chi connectivity index (χ3v) is 10.8. The average molecular weight is 684 g/mol. The van der Waals surface area contributed by atoms with Gasteiger partial charge in [-0.15, -0.1) is 0 Å². The van der Waals surface area contributed by atoms with E-state index in [0.717, 1.165) is 25.7 Å². The molecule has 208 valence electrons. The summed E-state index contributed by atoms with van der Waals surface area (Å²) in [6, 6.07) is 24.4. The highest BCUT2D eigenvalue weighted by Crippen LogP contribution is 2.63. The van der Waals surface area contributed by atoms with Gasteiger partial charge in [-0.25, -0.2) is 9.80 Å². The molecule has 3 fully saturated rings. The number of amides is 4. The lowest BCUT2D eigenvalue weighted by Gasteiger charge is -2.51. The quantitative estimate of drug-likeness (QED) is 0.236. The molecule has 0 radical (unpaired) electrons. The highest BCUT2D eigenvalue weighted by molar-refractivity contribution is 9.10. The molecular formula is C34H24Br2N2O4. The predicted octanol–water partition coefficient (Wildman–Crippen LogP) is 6.41. The number of hydrogen-bond acceptors (Lipinski definition) is 4. The van der Waals surface area contributed by atoms with Crippen molar-refractivity contribution in [2.24, 2.45) is 41.4 Å². The van der Waals surface area contributed by atoms with Gasteiger partial charge in [0.2, 0.25) is 23.6 Å². The van der Waals surface area contributed by atoms with Crippen LogP contribution in [-0.2, 0) is 19.2 Å². The fourth-order valence-corrected chi connectivity index (χ4v) is 9.03. The molecule has 2 bridgehead atoms. The van der Waals surface area contributed by atoms with E-state index in [0.29, 0.717) is 17.8 Å². The van der Waals surface area contributed by atoms with Gasteiger partial charge in [0.25, 0.3) is 0 Å². The molecule has 0 N–H and O–H groups in total. The summed E-state index contributed by atoms with van der Waals surface area (Å²) < 4.78 is 1.56. The van der Waals surface area contributed by atoms with Crippen molar-refractivity contribution in [1.29, 1.82) is 0 Å². The van der Waals surface area contributed by atoms with Crippen molar-refractivity contribution < 1.29 is 19.2 Å². The first kappa shape index (κ1) is 26.0. The van der Waals surface area contributed by atoms with Crippen LogP contribution in [0.1, 0.15) is 12.0 Å². The lowest BCUT2D eigenvalue weighted by atomic mass is 9.49. The Morgan fingerprint density at radius 1 is 0.595 bits per heavy atom. The Hall–Kier alpha value is -3.62. The van der Waals surface area contributed by atoms with E-state index < -0.39 is 23.7 Å². The number of anilines is 2. The minimum absolute atomic E-state index is 0.201. The molecule has 9 rings (SSSR count). The van der Waals surface area contributed by atoms with E-state index in [1.807, 2.05) is 60.7 Å². The Labute approximate surface area is 259 Å². The van der Waals surface area contributed by atoms with Gasteiger partial charge in [-0.1, -0.05) is 92.0 Å². The number of allylic oxidation sites excluding steroid dienone is 4. The van der Waals surface area contributed by atoms with Crippen molar-refractivity contribution in [3.63, 3.8) is 0 Å². The van der Waals surface area contributed by atoms with Crippen LogP contribution in [0, 0.1) is 41.4 Å². The largest absolute Gasteiger partial charge is 0.274 e. The molecule has 4 aliphatic carbocycles. The molecule has 2 saturated heterocycles. The van der Waals surface area contributed by atoms with Gasteiger partial charge in [-0.2, -0.15) is 0 Å². The van der Waals surface area contributed by atoms with Crippen LogP contribution in [0.3, 0.4) is 0 Å². The van der Waals surface area contributed by atoms with Gasteiger partial charge in [0.05, 0.1) is 35.0 Å². The zero-order valence-corrected chi connectivity index (χ0v) is 25.4. The molecule has 2 heterocycles. The average Bonchev–Trinajstić information content (AvgIpc) is 3.42. The van der Waals surface area contributed by atoms with Crippen molar-refractivity contribution in [2.75, 3.05) is 9.80 Å². The Kier molecular flexibility index (Phi) is 5.86. The summed E-state index contributed by atoms with van der Waals surface area (Å²) >= 11 is 6.95. The van der Waals surface area contributed by atoms with Crippen LogP contribution in [0.4, 0.5) is 11.4 Å². The summed E-state index contributed by atoms with van der Waals surface area (Å²) in [7, 11) is 0. The molecule has 0 aromatic heterocycles. The predicted molar refractivity (Wildman–Crippen MR) is 165 cm³/mol. The molecule has 3 aromatic carbocycles. The third kappa shape index (κ3) is 3.54. The van der Waals surface area contributed by atoms with Gasteiger partial charge >= 0.3 is 0 Å². The van der Waals surface area contributed by atoms with Crippen molar-refractivity contribution in [1.82, 2.24) is 0 Å². The van der Waals surface area contributed by atoms with Crippen LogP contribution in [0.5, 0.6) is 0 Å². The number of hydrogen-bond donors (Lipinski definition) is 0. The van der Waals surface area contributed by atoms with Crippen molar-refractivity contribution >= 4 is 72.4 Å². The van der Waals surface area contributed by atoms with Crippen LogP contribution in [0.15, 0.2) is 106 Å². The van der Waals surface area contributed by atoms with Gasteiger partial charge in [-0.05, 0) is 59.9 Å². The van der Waals surface area contributed by atoms with Gasteiger partial charge in [-0.3, -0.25) is 19.2 Å². The fourth-order valence-electron chi connectivity index (χ4n) is 8.26. The molecule has 0 unspecified atom stereocenters. The second kappa shape index (κ2) is 9.44. The van der Waals surface area contributed by atoms with Gasteiger partial charge < -0.3 is 0 Å². The minimum Gasteiger partial charge on any atom is -0.274 e. The van der Waals surface area contributed by atoms with Crippen LogP contribution < -0.4 is 9.80 Å². The summed E-state index contributed by atoms with van der Waals surface area (Å²) in [6.45, 7) is 0. The number of imide groups is 2. The lowest BCUT2D eigenvalue weighted by molar-refractivity contribution is -0.129. The highest BCUT2D eigenvalue weighted by Gasteiger charge is 2.67. The molecule has 2 aliphatic heterocycles. The number of benzene rings is 3. The standard InChI is InChI=1S/C34H24Br2N2O4/c35-18-8-4-10-20(14-18)37-31(39)25-16-24(17-6-2-1-3-7-17)26-22-12-13-23(27(26)30(25)34(37)42)29-28(22)32(40)38(33(29)41)21-11-5-9-19(36)15-21/h1-15,22-23,25,27-30H,16H2/t22-,23-,25-,27+,28-,29+,30-/m1/s1. The van der Waals surface area contributed by atoms with Gasteiger partial charge in [0.15, 0.2) is 0 Å². The Balaban J connectivity index is 1.29. The SMILES string of the molecule is O=C1[C@H]2[C@@H]3C=C[C@H](C4=C(c5ccccc5)C[C@H]5C(=O)N(c6cccc(Br)c6)C(=O)[C@H]5[C@H]43)[C@H]2C(=O)N1c1cccc(Br)c1. The lowest BCUT2D eigenvalue weighted by Crippen LogP contribution is -2.51. The van der Waals surface area contributed by atoms with Gasteiger partial charge in [0.1, 0.15) is 0 Å². The molecule has 1 saturated carbocycles. The van der Waals surface area contributed by atoms with E-state index in [2.05, 4.69) is 37.9 Å². The third-order valence-electron chi connectivity index (χ3n) is 9.76. The number of carbonyl (C=O) groups is 4. The molecule has 6 aliphatic rings. The van der Waals surface area contributed by atoms with E-state index in [-0.39, 0.29) is 41.4 Å². The molecule has 0 spiro atoms. The topological polar surface area (TPSA) is 74.8 Å². The van der Waals surface area contributed by atoms with Crippen LogP contribution in [0.2, 0.25) is 0 Å². The molecule has 3 aromatic rings. The minimum atomic E-state index is -0.597. The number of halogens is 2. The van der Waals surface area contributed by atoms with Crippen LogP contribution in [-0.4, -0.2) is 23.6 Å². The van der Waals surface area contributed by atoms with Crippen molar-refractivity contribution in [2.45, 2.75) is 6.42 Å². The molecule has 8 heteroatoms. The normalized spacial score (nSPS) is 31.1. The zero-order valence-electron chi connectivity index (χ0n) is 22.2. The zero-order chi connectivity index (χ0) is 28.9. The monoisotopic (exact) mass is 682 g/mol. The summed E-state index contributed by atoms with van der Waals surface area (Å²) in [6.07, 6.45) is 4.53. The van der Waals surface area contributed by atoms with E-state index in [9.17, 15) is 19.2 Å². The maximum absolute atomic E-state index is 14.3. The molecule has 6 nitrogen and oxygen atoms in total. The first-order valence-corrected chi connectivity index (χ1v) is 15.7. The number of fused-ring (bicyclic) bond motifs is 1. The van der Waals surface area contributed by atoms with Crippen molar-refractivity contribution in [3.8, 4) is 0 Å².